The van der Waals surface area contributed by atoms with E-state index in [-0.39, 0.29) is 17.5 Å². The van der Waals surface area contributed by atoms with Crippen molar-refractivity contribution < 1.29 is 8.42 Å². The highest BCUT2D eigenvalue weighted by Gasteiger charge is 2.29. The van der Waals surface area contributed by atoms with Crippen molar-refractivity contribution in [3.63, 3.8) is 0 Å². The molecule has 0 spiro atoms. The van der Waals surface area contributed by atoms with Gasteiger partial charge in [0, 0.05) is 25.1 Å². The zero-order valence-electron chi connectivity index (χ0n) is 11.1. The number of hydrogen-bond acceptors (Lipinski definition) is 5. The van der Waals surface area contributed by atoms with Crippen molar-refractivity contribution in [2.24, 2.45) is 0 Å². The van der Waals surface area contributed by atoms with Crippen LogP contribution in [-0.4, -0.2) is 42.5 Å². The quantitative estimate of drug-likeness (QED) is 0.780. The second-order valence-electron chi connectivity index (χ2n) is 4.87. The molecule has 2 rings (SSSR count). The lowest BCUT2D eigenvalue weighted by Gasteiger charge is -2.34. The average Bonchev–Trinajstić information content (AvgIpc) is 2.27. The minimum absolute atomic E-state index is 0.0463. The van der Waals surface area contributed by atoms with Crippen LogP contribution in [0.15, 0.2) is 10.7 Å². The van der Waals surface area contributed by atoms with E-state index in [4.69, 9.17) is 0 Å². The largest absolute Gasteiger partial charge is 0.352 e. The van der Waals surface area contributed by atoms with Crippen molar-refractivity contribution in [3.8, 4) is 0 Å². The topological polar surface area (TPSA) is 63.2 Å². The Hall–Kier alpha value is -0.690. The Morgan fingerprint density at radius 3 is 2.84 bits per heavy atom. The first-order chi connectivity index (χ1) is 8.91. The summed E-state index contributed by atoms with van der Waals surface area (Å²) < 4.78 is 24.0. The van der Waals surface area contributed by atoms with Gasteiger partial charge in [-0.1, -0.05) is 6.92 Å². The van der Waals surface area contributed by atoms with E-state index in [1.807, 2.05) is 17.9 Å². The van der Waals surface area contributed by atoms with Crippen molar-refractivity contribution in [1.29, 1.82) is 0 Å². The smallest absolute Gasteiger partial charge is 0.154 e. The van der Waals surface area contributed by atoms with Crippen LogP contribution in [0, 0.1) is 0 Å². The molecule has 0 saturated carbocycles. The fraction of sp³-hybridized carbons (Fsp3) is 0.667. The number of aryl methyl sites for hydroxylation is 1. The maximum Gasteiger partial charge on any atom is 0.154 e. The van der Waals surface area contributed by atoms with Gasteiger partial charge in [-0.15, -0.1) is 0 Å². The van der Waals surface area contributed by atoms with Crippen LogP contribution in [0.1, 0.15) is 26.1 Å². The zero-order chi connectivity index (χ0) is 14.0. The lowest BCUT2D eigenvalue weighted by Crippen LogP contribution is -2.47. The molecule has 1 aliphatic rings. The third-order valence-corrected chi connectivity index (χ3v) is 5.37. The zero-order valence-corrected chi connectivity index (χ0v) is 13.5. The third kappa shape index (κ3) is 3.66. The number of anilines is 1. The summed E-state index contributed by atoms with van der Waals surface area (Å²) in [6, 6.07) is 1.81. The molecule has 2 heterocycles. The van der Waals surface area contributed by atoms with Crippen LogP contribution in [-0.2, 0) is 16.3 Å². The molecule has 19 heavy (non-hydrogen) atoms. The SMILES string of the molecule is CCCc1nc(Br)cc(N2CCS(=O)(=O)CC2C)n1. The van der Waals surface area contributed by atoms with Crippen LogP contribution in [0.2, 0.25) is 0 Å². The van der Waals surface area contributed by atoms with Gasteiger partial charge in [0.1, 0.15) is 16.2 Å². The molecule has 0 aliphatic carbocycles. The first-order valence-corrected chi connectivity index (χ1v) is 9.03. The molecule has 1 fully saturated rings. The Balaban J connectivity index is 2.26. The maximum absolute atomic E-state index is 11.6. The Bertz CT molecular complexity index is 562. The summed E-state index contributed by atoms with van der Waals surface area (Å²) in [5.74, 6) is 2.00. The van der Waals surface area contributed by atoms with Gasteiger partial charge in [-0.3, -0.25) is 0 Å². The predicted molar refractivity (Wildman–Crippen MR) is 79.2 cm³/mol. The summed E-state index contributed by atoms with van der Waals surface area (Å²) in [5, 5.41) is 0. The van der Waals surface area contributed by atoms with Crippen molar-refractivity contribution in [2.45, 2.75) is 32.7 Å². The van der Waals surface area contributed by atoms with Gasteiger partial charge in [0.2, 0.25) is 0 Å². The van der Waals surface area contributed by atoms with E-state index < -0.39 is 9.84 Å². The summed E-state index contributed by atoms with van der Waals surface area (Å²) >= 11 is 3.40. The number of sulfone groups is 1. The fourth-order valence-electron chi connectivity index (χ4n) is 2.27. The van der Waals surface area contributed by atoms with E-state index in [9.17, 15) is 8.42 Å². The molecule has 1 aromatic rings. The van der Waals surface area contributed by atoms with Crippen LogP contribution in [0.25, 0.3) is 0 Å². The maximum atomic E-state index is 11.6. The van der Waals surface area contributed by atoms with Crippen LogP contribution in [0.5, 0.6) is 0 Å². The van der Waals surface area contributed by atoms with E-state index in [1.165, 1.54) is 0 Å². The lowest BCUT2D eigenvalue weighted by atomic mass is 10.3. The van der Waals surface area contributed by atoms with Crippen molar-refractivity contribution in [3.05, 3.63) is 16.5 Å². The first kappa shape index (κ1) is 14.7. The van der Waals surface area contributed by atoms with Crippen LogP contribution >= 0.6 is 15.9 Å². The molecule has 0 radical (unpaired) electrons. The molecular formula is C12H18BrN3O2S. The normalized spacial score (nSPS) is 22.5. The Labute approximate surface area is 122 Å². The summed E-state index contributed by atoms with van der Waals surface area (Å²) in [5.41, 5.74) is 0. The number of nitrogens with zero attached hydrogens (tertiary/aromatic N) is 3. The highest BCUT2D eigenvalue weighted by molar-refractivity contribution is 9.10. The van der Waals surface area contributed by atoms with Crippen LogP contribution in [0.4, 0.5) is 5.82 Å². The highest BCUT2D eigenvalue weighted by Crippen LogP contribution is 2.22. The molecule has 0 N–H and O–H groups in total. The van der Waals surface area contributed by atoms with Gasteiger partial charge in [0.25, 0.3) is 0 Å². The summed E-state index contributed by atoms with van der Waals surface area (Å²) in [4.78, 5) is 10.9. The van der Waals surface area contributed by atoms with Crippen LogP contribution < -0.4 is 4.90 Å². The summed E-state index contributed by atoms with van der Waals surface area (Å²) in [6.45, 7) is 4.50. The first-order valence-electron chi connectivity index (χ1n) is 6.42. The third-order valence-electron chi connectivity index (χ3n) is 3.17. The van der Waals surface area contributed by atoms with Gasteiger partial charge in [0.05, 0.1) is 11.5 Å². The van der Waals surface area contributed by atoms with Gasteiger partial charge >= 0.3 is 0 Å². The molecule has 1 unspecified atom stereocenters. The fourth-order valence-corrected chi connectivity index (χ4v) is 4.24. The molecule has 7 heteroatoms. The molecule has 0 amide bonds. The van der Waals surface area contributed by atoms with Gasteiger partial charge in [-0.2, -0.15) is 0 Å². The molecule has 1 aromatic heterocycles. The number of rotatable bonds is 3. The van der Waals surface area contributed by atoms with Gasteiger partial charge in [-0.05, 0) is 29.3 Å². The molecule has 106 valence electrons. The molecule has 1 atom stereocenters. The molecule has 0 aromatic carbocycles. The van der Waals surface area contributed by atoms with E-state index in [2.05, 4.69) is 32.8 Å². The second kappa shape index (κ2) is 5.75. The Morgan fingerprint density at radius 1 is 1.47 bits per heavy atom. The van der Waals surface area contributed by atoms with Gasteiger partial charge < -0.3 is 4.90 Å². The predicted octanol–water partition coefficient (Wildman–Crippen LogP) is 1.81. The standard InChI is InChI=1S/C12H18BrN3O2S/c1-3-4-11-14-10(13)7-12(15-11)16-5-6-19(17,18)8-9(16)2/h7,9H,3-6,8H2,1-2H3. The minimum Gasteiger partial charge on any atom is -0.352 e. The lowest BCUT2D eigenvalue weighted by molar-refractivity contribution is 0.566. The van der Waals surface area contributed by atoms with Gasteiger partial charge in [-0.25, -0.2) is 18.4 Å². The summed E-state index contributed by atoms with van der Waals surface area (Å²) in [7, 11) is -2.90. The van der Waals surface area contributed by atoms with E-state index in [0.29, 0.717) is 6.54 Å². The molecule has 1 aliphatic heterocycles. The number of halogens is 1. The van der Waals surface area contributed by atoms with Crippen molar-refractivity contribution in [2.75, 3.05) is 23.0 Å². The highest BCUT2D eigenvalue weighted by atomic mass is 79.9. The van der Waals surface area contributed by atoms with Crippen LogP contribution in [0.3, 0.4) is 0 Å². The number of hydrogen-bond donors (Lipinski definition) is 0. The van der Waals surface area contributed by atoms with Crippen molar-refractivity contribution >= 4 is 31.6 Å². The monoisotopic (exact) mass is 347 g/mol. The second-order valence-corrected chi connectivity index (χ2v) is 7.91. The molecule has 5 nitrogen and oxygen atoms in total. The number of aromatic nitrogens is 2. The molecule has 1 saturated heterocycles. The van der Waals surface area contributed by atoms with E-state index in [0.717, 1.165) is 29.1 Å². The molecule has 0 bridgehead atoms. The Kier molecular flexibility index (Phi) is 4.45. The Morgan fingerprint density at radius 2 is 2.21 bits per heavy atom. The summed E-state index contributed by atoms with van der Waals surface area (Å²) in [6.07, 6.45) is 1.81. The van der Waals surface area contributed by atoms with E-state index >= 15 is 0 Å². The average molecular weight is 348 g/mol. The molecular weight excluding hydrogens is 330 g/mol. The van der Waals surface area contributed by atoms with Gasteiger partial charge in [0.15, 0.2) is 9.84 Å². The van der Waals surface area contributed by atoms with Crippen molar-refractivity contribution in [1.82, 2.24) is 9.97 Å². The van der Waals surface area contributed by atoms with E-state index in [1.54, 1.807) is 0 Å². The minimum atomic E-state index is -2.90.